The highest BCUT2D eigenvalue weighted by Crippen LogP contribution is 2.32. The highest BCUT2D eigenvalue weighted by molar-refractivity contribution is 5.89. The number of esters is 1. The van der Waals surface area contributed by atoms with Gasteiger partial charge in [-0.2, -0.15) is 0 Å². The molecule has 0 bridgehead atoms. The Kier molecular flexibility index (Phi) is 8.75. The summed E-state index contributed by atoms with van der Waals surface area (Å²) < 4.78 is 11.6. The first-order valence-electron chi connectivity index (χ1n) is 12.7. The fraction of sp³-hybridized carbons (Fsp3) is 0.517. The van der Waals surface area contributed by atoms with Gasteiger partial charge in [-0.15, -0.1) is 0 Å². The Morgan fingerprint density at radius 3 is 2.09 bits per heavy atom. The average Bonchev–Trinajstić information content (AvgIpc) is 2.83. The van der Waals surface area contributed by atoms with Crippen LogP contribution >= 0.6 is 0 Å². The smallest absolute Gasteiger partial charge is 0.338 e. The maximum absolute atomic E-state index is 12.5. The zero-order valence-electron chi connectivity index (χ0n) is 20.3. The van der Waals surface area contributed by atoms with Crippen molar-refractivity contribution in [3.63, 3.8) is 0 Å². The van der Waals surface area contributed by atoms with Crippen molar-refractivity contribution in [1.29, 1.82) is 0 Å². The molecule has 2 aliphatic rings. The molecule has 2 aliphatic carbocycles. The van der Waals surface area contributed by atoms with Crippen LogP contribution in [0.5, 0.6) is 0 Å². The van der Waals surface area contributed by atoms with Crippen molar-refractivity contribution in [1.82, 2.24) is 4.90 Å². The number of benzene rings is 2. The Morgan fingerprint density at radius 2 is 1.44 bits per heavy atom. The van der Waals surface area contributed by atoms with Crippen molar-refractivity contribution >= 4 is 11.9 Å². The van der Waals surface area contributed by atoms with Gasteiger partial charge in [0.1, 0.15) is 6.61 Å². The molecule has 0 aliphatic heterocycles. The number of nitrogens with zero attached hydrogens (tertiary/aromatic N) is 1. The van der Waals surface area contributed by atoms with Crippen LogP contribution in [-0.4, -0.2) is 36.5 Å². The molecule has 0 spiro atoms. The Balaban J connectivity index is 1.17. The quantitative estimate of drug-likeness (QED) is 0.420. The van der Waals surface area contributed by atoms with Crippen LogP contribution in [0.1, 0.15) is 72.9 Å². The maximum Gasteiger partial charge on any atom is 0.338 e. The van der Waals surface area contributed by atoms with Crippen LogP contribution < -0.4 is 0 Å². The second kappa shape index (κ2) is 12.2. The van der Waals surface area contributed by atoms with E-state index < -0.39 is 0 Å². The number of hydrogen-bond donors (Lipinski definition) is 0. The van der Waals surface area contributed by atoms with E-state index in [1.807, 2.05) is 54.4 Å². The van der Waals surface area contributed by atoms with Crippen LogP contribution in [0.2, 0.25) is 0 Å². The van der Waals surface area contributed by atoms with Crippen LogP contribution in [0.25, 0.3) is 0 Å². The van der Waals surface area contributed by atoms with Gasteiger partial charge in [-0.05, 0) is 80.0 Å². The molecule has 0 N–H and O–H groups in total. The Morgan fingerprint density at radius 1 is 0.824 bits per heavy atom. The lowest BCUT2D eigenvalue weighted by Gasteiger charge is -2.36. The topological polar surface area (TPSA) is 55.8 Å². The summed E-state index contributed by atoms with van der Waals surface area (Å²) in [6.45, 7) is 1.49. The molecule has 0 saturated heterocycles. The number of carbonyl (C=O) groups excluding carboxylic acids is 2. The molecular weight excluding hydrogens is 426 g/mol. The second-order valence-electron chi connectivity index (χ2n) is 9.91. The van der Waals surface area contributed by atoms with Crippen molar-refractivity contribution in [2.24, 2.45) is 11.8 Å². The predicted octanol–water partition coefficient (Wildman–Crippen LogP) is 5.77. The third-order valence-electron chi connectivity index (χ3n) is 7.54. The summed E-state index contributed by atoms with van der Waals surface area (Å²) in [7, 11) is 1.98. The fourth-order valence-corrected chi connectivity index (χ4v) is 4.95. The van der Waals surface area contributed by atoms with Crippen molar-refractivity contribution in [3.8, 4) is 0 Å². The van der Waals surface area contributed by atoms with Crippen LogP contribution in [0.3, 0.4) is 0 Å². The molecule has 0 unspecified atom stereocenters. The largest absolute Gasteiger partial charge is 0.457 e. The van der Waals surface area contributed by atoms with E-state index in [-0.39, 0.29) is 12.6 Å². The van der Waals surface area contributed by atoms with Gasteiger partial charge >= 0.3 is 5.97 Å². The van der Waals surface area contributed by atoms with E-state index in [0.29, 0.717) is 42.4 Å². The number of carbonyl (C=O) groups is 2. The van der Waals surface area contributed by atoms with Gasteiger partial charge in [0.05, 0.1) is 12.2 Å². The molecule has 4 rings (SSSR count). The lowest BCUT2D eigenvalue weighted by Crippen LogP contribution is -2.42. The van der Waals surface area contributed by atoms with E-state index in [2.05, 4.69) is 0 Å². The minimum atomic E-state index is -0.314. The van der Waals surface area contributed by atoms with Crippen LogP contribution in [0, 0.1) is 11.8 Å². The van der Waals surface area contributed by atoms with Gasteiger partial charge < -0.3 is 14.4 Å². The summed E-state index contributed by atoms with van der Waals surface area (Å²) >= 11 is 0. The summed E-state index contributed by atoms with van der Waals surface area (Å²) in [6.07, 6.45) is 8.79. The minimum absolute atomic E-state index is 0.238. The van der Waals surface area contributed by atoms with Gasteiger partial charge in [-0.1, -0.05) is 42.5 Å². The zero-order chi connectivity index (χ0) is 23.8. The van der Waals surface area contributed by atoms with Gasteiger partial charge in [0.2, 0.25) is 5.91 Å². The lowest BCUT2D eigenvalue weighted by molar-refractivity contribution is -0.134. The Bertz CT molecular complexity index is 932. The molecule has 2 saturated carbocycles. The second-order valence-corrected chi connectivity index (χ2v) is 9.91. The van der Waals surface area contributed by atoms with Crippen molar-refractivity contribution < 1.29 is 19.1 Å². The van der Waals surface area contributed by atoms with Crippen molar-refractivity contribution in [2.75, 3.05) is 13.7 Å². The van der Waals surface area contributed by atoms with E-state index in [0.717, 1.165) is 43.4 Å². The lowest BCUT2D eigenvalue weighted by atomic mass is 9.80. The molecule has 182 valence electrons. The SMILES string of the molecule is CN(C(=O)CC1CCC(COCc2ccccc2COC(=O)c2ccccc2)CC1)C1CCC1. The number of amides is 1. The molecule has 5 nitrogen and oxygen atoms in total. The zero-order valence-corrected chi connectivity index (χ0v) is 20.3. The summed E-state index contributed by atoms with van der Waals surface area (Å²) in [6, 6.07) is 17.5. The molecule has 5 heteroatoms. The molecule has 0 heterocycles. The summed E-state index contributed by atoms with van der Waals surface area (Å²) in [5.41, 5.74) is 2.59. The number of ether oxygens (including phenoxy) is 2. The number of rotatable bonds is 10. The highest BCUT2D eigenvalue weighted by atomic mass is 16.5. The van der Waals surface area contributed by atoms with Crippen LogP contribution in [-0.2, 0) is 27.5 Å². The predicted molar refractivity (Wildman–Crippen MR) is 132 cm³/mol. The molecule has 0 radical (unpaired) electrons. The highest BCUT2D eigenvalue weighted by Gasteiger charge is 2.29. The third-order valence-corrected chi connectivity index (χ3v) is 7.54. The van der Waals surface area contributed by atoms with Gasteiger partial charge in [-0.25, -0.2) is 4.79 Å². The average molecular weight is 464 g/mol. The van der Waals surface area contributed by atoms with Gasteiger partial charge in [0.15, 0.2) is 0 Å². The molecule has 34 heavy (non-hydrogen) atoms. The van der Waals surface area contributed by atoms with Crippen molar-refractivity contribution in [3.05, 3.63) is 71.3 Å². The van der Waals surface area contributed by atoms with Crippen molar-refractivity contribution in [2.45, 2.75) is 70.6 Å². The molecule has 0 aromatic heterocycles. The van der Waals surface area contributed by atoms with Crippen LogP contribution in [0.4, 0.5) is 0 Å². The fourth-order valence-electron chi connectivity index (χ4n) is 4.95. The maximum atomic E-state index is 12.5. The third kappa shape index (κ3) is 6.69. The van der Waals surface area contributed by atoms with Gasteiger partial charge in [0.25, 0.3) is 0 Å². The van der Waals surface area contributed by atoms with Gasteiger partial charge in [0, 0.05) is 26.1 Å². The monoisotopic (exact) mass is 463 g/mol. The van der Waals surface area contributed by atoms with Crippen LogP contribution in [0.15, 0.2) is 54.6 Å². The Hall–Kier alpha value is -2.66. The minimum Gasteiger partial charge on any atom is -0.457 e. The summed E-state index contributed by atoms with van der Waals surface area (Å²) in [5.74, 6) is 1.09. The summed E-state index contributed by atoms with van der Waals surface area (Å²) in [5, 5.41) is 0. The molecule has 2 aromatic rings. The molecular formula is C29H37NO4. The van der Waals surface area contributed by atoms with E-state index in [4.69, 9.17) is 9.47 Å². The number of hydrogen-bond acceptors (Lipinski definition) is 4. The first kappa shape index (κ1) is 24.5. The first-order chi connectivity index (χ1) is 16.6. The van der Waals surface area contributed by atoms with E-state index in [1.54, 1.807) is 12.1 Å². The standard InChI is InChI=1S/C29H37NO4/c1-30(27-12-7-13-27)28(31)18-22-14-16-23(17-15-22)19-33-20-25-10-5-6-11-26(25)21-34-29(32)24-8-3-2-4-9-24/h2-6,8-11,22-23,27H,7,12-21H2,1H3. The first-order valence-corrected chi connectivity index (χ1v) is 12.7. The molecule has 1 amide bonds. The van der Waals surface area contributed by atoms with E-state index in [9.17, 15) is 9.59 Å². The normalized spacial score (nSPS) is 20.4. The summed E-state index contributed by atoms with van der Waals surface area (Å²) in [4.78, 5) is 26.8. The van der Waals surface area contributed by atoms with E-state index >= 15 is 0 Å². The van der Waals surface area contributed by atoms with E-state index in [1.165, 1.54) is 19.3 Å². The molecule has 0 atom stereocenters. The molecule has 2 fully saturated rings. The van der Waals surface area contributed by atoms with Gasteiger partial charge in [-0.3, -0.25) is 4.79 Å². The molecule has 2 aromatic carbocycles. The Labute approximate surface area is 203 Å².